The van der Waals surface area contributed by atoms with Gasteiger partial charge in [0.15, 0.2) is 0 Å². The Bertz CT molecular complexity index is 754. The second-order valence-corrected chi connectivity index (χ2v) is 12.0. The molecule has 172 valence electrons. The molecule has 0 aliphatic heterocycles. The van der Waals surface area contributed by atoms with Gasteiger partial charge >= 0.3 is 0 Å². The van der Waals surface area contributed by atoms with Crippen molar-refractivity contribution in [3.05, 3.63) is 35.9 Å². The molecule has 1 aromatic rings. The molecule has 0 spiro atoms. The third kappa shape index (κ3) is 5.02. The maximum absolute atomic E-state index is 12.7. The van der Waals surface area contributed by atoms with Gasteiger partial charge in [-0.1, -0.05) is 37.3 Å². The summed E-state index contributed by atoms with van der Waals surface area (Å²) in [6, 6.07) is 10.4. The summed E-state index contributed by atoms with van der Waals surface area (Å²) in [5, 5.41) is 3.23. The molecule has 3 nitrogen and oxygen atoms in total. The Labute approximate surface area is 189 Å². The predicted octanol–water partition coefficient (Wildman–Crippen LogP) is 6.68. The predicted molar refractivity (Wildman–Crippen MR) is 127 cm³/mol. The first-order valence-corrected chi connectivity index (χ1v) is 12.7. The molecular weight excluding hydrogens is 382 g/mol. The minimum Gasteiger partial charge on any atom is -0.372 e. The average molecular weight is 426 g/mol. The SMILES string of the molecule is CC(NC(=O)C[C@H]1CC[C@@H]2[C@H](CC[C@]3(C)[C@@H](OC(C)(C)C)CC[C@@H]23)C1)c1ccccc1. The summed E-state index contributed by atoms with van der Waals surface area (Å²) in [6.07, 6.45) is 10.0. The highest BCUT2D eigenvalue weighted by Crippen LogP contribution is 2.61. The van der Waals surface area contributed by atoms with E-state index in [9.17, 15) is 4.79 Å². The number of hydrogen-bond acceptors (Lipinski definition) is 2. The zero-order chi connectivity index (χ0) is 22.2. The van der Waals surface area contributed by atoms with Gasteiger partial charge in [-0.05, 0) is 107 Å². The molecule has 0 bridgehead atoms. The maximum Gasteiger partial charge on any atom is 0.220 e. The summed E-state index contributed by atoms with van der Waals surface area (Å²) in [4.78, 5) is 12.7. The number of carbonyl (C=O) groups excluding carboxylic acids is 1. The van der Waals surface area contributed by atoms with E-state index in [1.54, 1.807) is 0 Å². The number of ether oxygens (including phenoxy) is 1. The van der Waals surface area contributed by atoms with Crippen LogP contribution >= 0.6 is 0 Å². The van der Waals surface area contributed by atoms with E-state index in [2.05, 4.69) is 52.1 Å². The Morgan fingerprint density at radius 1 is 1.13 bits per heavy atom. The number of amides is 1. The van der Waals surface area contributed by atoms with E-state index in [1.807, 2.05) is 18.2 Å². The Kier molecular flexibility index (Phi) is 6.54. The van der Waals surface area contributed by atoms with E-state index < -0.39 is 0 Å². The lowest BCUT2D eigenvalue weighted by Crippen LogP contribution is -2.47. The van der Waals surface area contributed by atoms with E-state index >= 15 is 0 Å². The van der Waals surface area contributed by atoms with Crippen LogP contribution in [0.5, 0.6) is 0 Å². The molecule has 7 atom stereocenters. The Hall–Kier alpha value is -1.35. The van der Waals surface area contributed by atoms with Crippen molar-refractivity contribution in [2.24, 2.45) is 29.1 Å². The van der Waals surface area contributed by atoms with Gasteiger partial charge in [0.25, 0.3) is 0 Å². The maximum atomic E-state index is 12.7. The highest BCUT2D eigenvalue weighted by atomic mass is 16.5. The first-order valence-electron chi connectivity index (χ1n) is 12.7. The number of benzene rings is 1. The lowest BCUT2D eigenvalue weighted by molar-refractivity contribution is -0.134. The van der Waals surface area contributed by atoms with E-state index in [1.165, 1.54) is 50.5 Å². The molecule has 1 amide bonds. The standard InChI is InChI=1S/C28H43NO2/c1-19(21-9-7-6-8-10-21)29-26(30)18-20-11-12-23-22(17-20)15-16-28(5)24(23)13-14-25(28)31-27(2,3)4/h6-10,19-20,22-25H,11-18H2,1-5H3,(H,29,30)/t19?,20-,22+,23+,24-,25-,28-/m0/s1. The van der Waals surface area contributed by atoms with Gasteiger partial charge < -0.3 is 10.1 Å². The van der Waals surface area contributed by atoms with Gasteiger partial charge in [-0.3, -0.25) is 4.79 Å². The molecule has 3 heteroatoms. The van der Waals surface area contributed by atoms with Crippen LogP contribution < -0.4 is 5.32 Å². The third-order valence-corrected chi connectivity index (χ3v) is 8.69. The summed E-state index contributed by atoms with van der Waals surface area (Å²) in [7, 11) is 0. The van der Waals surface area contributed by atoms with Gasteiger partial charge in [0, 0.05) is 6.42 Å². The van der Waals surface area contributed by atoms with Crippen LogP contribution in [-0.2, 0) is 9.53 Å². The largest absolute Gasteiger partial charge is 0.372 e. The monoisotopic (exact) mass is 425 g/mol. The van der Waals surface area contributed by atoms with Crippen LogP contribution in [0.25, 0.3) is 0 Å². The Balaban J connectivity index is 1.31. The normalized spacial score (nSPS) is 36.4. The fourth-order valence-corrected chi connectivity index (χ4v) is 7.21. The van der Waals surface area contributed by atoms with Crippen molar-refractivity contribution in [2.75, 3.05) is 0 Å². The average Bonchev–Trinajstić information content (AvgIpc) is 3.03. The lowest BCUT2D eigenvalue weighted by Gasteiger charge is -2.52. The van der Waals surface area contributed by atoms with Gasteiger partial charge in [0.1, 0.15) is 0 Å². The van der Waals surface area contributed by atoms with E-state index in [0.717, 1.165) is 17.8 Å². The van der Waals surface area contributed by atoms with Gasteiger partial charge in [0.05, 0.1) is 17.7 Å². The molecule has 0 radical (unpaired) electrons. The number of nitrogens with one attached hydrogen (secondary N) is 1. The van der Waals surface area contributed by atoms with Gasteiger partial charge in [-0.15, -0.1) is 0 Å². The van der Waals surface area contributed by atoms with Gasteiger partial charge in [0.2, 0.25) is 5.91 Å². The quantitative estimate of drug-likeness (QED) is 0.571. The van der Waals surface area contributed by atoms with Crippen LogP contribution in [0, 0.1) is 29.1 Å². The first-order chi connectivity index (χ1) is 14.7. The highest BCUT2D eigenvalue weighted by Gasteiger charge is 2.55. The number of rotatable bonds is 5. The van der Waals surface area contributed by atoms with Crippen molar-refractivity contribution >= 4 is 5.91 Å². The molecule has 4 rings (SSSR count). The van der Waals surface area contributed by atoms with Crippen LogP contribution in [0.2, 0.25) is 0 Å². The van der Waals surface area contributed by atoms with Gasteiger partial charge in [-0.2, -0.15) is 0 Å². The number of hydrogen-bond donors (Lipinski definition) is 1. The van der Waals surface area contributed by atoms with E-state index in [0.29, 0.717) is 23.9 Å². The van der Waals surface area contributed by atoms with E-state index in [-0.39, 0.29) is 17.6 Å². The smallest absolute Gasteiger partial charge is 0.220 e. The van der Waals surface area contributed by atoms with Crippen molar-refractivity contribution in [3.63, 3.8) is 0 Å². The van der Waals surface area contributed by atoms with Crippen LogP contribution in [0.15, 0.2) is 30.3 Å². The van der Waals surface area contributed by atoms with Crippen LogP contribution in [0.3, 0.4) is 0 Å². The molecule has 31 heavy (non-hydrogen) atoms. The second-order valence-electron chi connectivity index (χ2n) is 12.0. The summed E-state index contributed by atoms with van der Waals surface area (Å²) >= 11 is 0. The first kappa shape index (κ1) is 22.8. The third-order valence-electron chi connectivity index (χ3n) is 8.69. The number of carbonyl (C=O) groups is 1. The summed E-state index contributed by atoms with van der Waals surface area (Å²) < 4.78 is 6.55. The topological polar surface area (TPSA) is 38.3 Å². The molecule has 0 heterocycles. The zero-order valence-corrected chi connectivity index (χ0v) is 20.3. The van der Waals surface area contributed by atoms with E-state index in [4.69, 9.17) is 4.74 Å². The molecular formula is C28H43NO2. The molecule has 3 aliphatic carbocycles. The van der Waals surface area contributed by atoms with Crippen molar-refractivity contribution in [1.29, 1.82) is 0 Å². The summed E-state index contributed by atoms with van der Waals surface area (Å²) in [5.41, 5.74) is 1.48. The second kappa shape index (κ2) is 8.89. The fourth-order valence-electron chi connectivity index (χ4n) is 7.21. The van der Waals surface area contributed by atoms with Crippen LogP contribution in [0.1, 0.15) is 97.6 Å². The van der Waals surface area contributed by atoms with Crippen molar-refractivity contribution < 1.29 is 9.53 Å². The van der Waals surface area contributed by atoms with Crippen molar-refractivity contribution in [2.45, 2.75) is 104 Å². The van der Waals surface area contributed by atoms with Crippen molar-refractivity contribution in [3.8, 4) is 0 Å². The summed E-state index contributed by atoms with van der Waals surface area (Å²) in [5.74, 6) is 3.24. The number of fused-ring (bicyclic) bond motifs is 3. The molecule has 3 saturated carbocycles. The molecule has 0 aromatic heterocycles. The van der Waals surface area contributed by atoms with Crippen molar-refractivity contribution in [1.82, 2.24) is 5.32 Å². The van der Waals surface area contributed by atoms with Gasteiger partial charge in [-0.25, -0.2) is 0 Å². The fraction of sp³-hybridized carbons (Fsp3) is 0.750. The van der Waals surface area contributed by atoms with Crippen LogP contribution in [0.4, 0.5) is 0 Å². The molecule has 1 N–H and O–H groups in total. The lowest BCUT2D eigenvalue weighted by atomic mass is 9.55. The minimum atomic E-state index is -0.0542. The minimum absolute atomic E-state index is 0.0542. The Morgan fingerprint density at radius 2 is 1.87 bits per heavy atom. The molecule has 0 saturated heterocycles. The molecule has 3 fully saturated rings. The summed E-state index contributed by atoms with van der Waals surface area (Å²) in [6.45, 7) is 11.2. The molecule has 1 unspecified atom stereocenters. The molecule has 1 aromatic carbocycles. The van der Waals surface area contributed by atoms with Crippen LogP contribution in [-0.4, -0.2) is 17.6 Å². The Morgan fingerprint density at radius 3 is 2.58 bits per heavy atom. The molecule has 3 aliphatic rings. The zero-order valence-electron chi connectivity index (χ0n) is 20.3. The highest BCUT2D eigenvalue weighted by molar-refractivity contribution is 5.76.